The zero-order valence-corrected chi connectivity index (χ0v) is 14.0. The first-order valence-electron chi connectivity index (χ1n) is 8.22. The van der Waals surface area contributed by atoms with Gasteiger partial charge in [-0.15, -0.1) is 0 Å². The van der Waals surface area contributed by atoms with Crippen molar-refractivity contribution in [1.29, 1.82) is 0 Å². The Morgan fingerprint density at radius 1 is 1.04 bits per heavy atom. The number of ether oxygens (including phenoxy) is 2. The van der Waals surface area contributed by atoms with Crippen LogP contribution in [0.15, 0.2) is 30.3 Å². The summed E-state index contributed by atoms with van der Waals surface area (Å²) in [5.74, 6) is -1.82. The number of benzene rings is 1. The molecule has 0 saturated heterocycles. The third-order valence-electron chi connectivity index (χ3n) is 3.40. The van der Waals surface area contributed by atoms with E-state index in [2.05, 4.69) is 4.74 Å². The summed E-state index contributed by atoms with van der Waals surface area (Å²) in [6.07, 6.45) is 2.84. The van der Waals surface area contributed by atoms with Gasteiger partial charge in [0, 0.05) is 12.8 Å². The Labute approximate surface area is 142 Å². The molecule has 1 rings (SSSR count). The van der Waals surface area contributed by atoms with Crippen LogP contribution in [-0.2, 0) is 30.5 Å². The molecule has 6 nitrogen and oxygen atoms in total. The quantitative estimate of drug-likeness (QED) is 0.401. The minimum Gasteiger partial charge on any atom is -0.461 e. The van der Waals surface area contributed by atoms with Gasteiger partial charge in [-0.25, -0.2) is 4.79 Å². The van der Waals surface area contributed by atoms with Gasteiger partial charge in [-0.1, -0.05) is 50.1 Å². The summed E-state index contributed by atoms with van der Waals surface area (Å²) < 4.78 is 9.76. The molecule has 0 aliphatic carbocycles. The van der Waals surface area contributed by atoms with Crippen molar-refractivity contribution in [3.63, 3.8) is 0 Å². The number of hydrogen-bond donors (Lipinski definition) is 1. The average Bonchev–Trinajstić information content (AvgIpc) is 2.58. The lowest BCUT2D eigenvalue weighted by Gasteiger charge is -2.10. The van der Waals surface area contributed by atoms with Crippen molar-refractivity contribution in [3.05, 3.63) is 35.9 Å². The topological polar surface area (TPSA) is 95.7 Å². The van der Waals surface area contributed by atoms with Crippen molar-refractivity contribution in [3.8, 4) is 0 Å². The van der Waals surface area contributed by atoms with E-state index in [0.29, 0.717) is 6.42 Å². The first kappa shape index (κ1) is 19.8. The fraction of sp³-hybridized carbons (Fsp3) is 0.500. The first-order chi connectivity index (χ1) is 11.5. The van der Waals surface area contributed by atoms with Gasteiger partial charge in [0.2, 0.25) is 0 Å². The van der Waals surface area contributed by atoms with Crippen molar-refractivity contribution in [2.24, 2.45) is 5.73 Å². The number of carbonyl (C=O) groups is 3. The van der Waals surface area contributed by atoms with E-state index in [1.807, 2.05) is 37.3 Å². The number of esters is 3. The van der Waals surface area contributed by atoms with Gasteiger partial charge in [0.05, 0.1) is 0 Å². The molecule has 0 aliphatic rings. The minimum atomic E-state index is -1.01. The maximum atomic E-state index is 11.7. The third kappa shape index (κ3) is 8.43. The van der Waals surface area contributed by atoms with Gasteiger partial charge in [0.25, 0.3) is 0 Å². The summed E-state index contributed by atoms with van der Waals surface area (Å²) in [4.78, 5) is 34.7. The van der Waals surface area contributed by atoms with E-state index in [1.54, 1.807) is 0 Å². The van der Waals surface area contributed by atoms with Gasteiger partial charge in [-0.2, -0.15) is 0 Å². The van der Waals surface area contributed by atoms with E-state index >= 15 is 0 Å². The molecule has 0 spiro atoms. The Morgan fingerprint density at radius 2 is 1.75 bits per heavy atom. The predicted molar refractivity (Wildman–Crippen MR) is 88.7 cm³/mol. The van der Waals surface area contributed by atoms with Crippen LogP contribution < -0.4 is 5.73 Å². The Balaban J connectivity index is 2.21. The summed E-state index contributed by atoms with van der Waals surface area (Å²) >= 11 is 0. The molecular weight excluding hydrogens is 310 g/mol. The van der Waals surface area contributed by atoms with Crippen LogP contribution in [0.4, 0.5) is 0 Å². The Hall–Kier alpha value is -2.21. The molecule has 1 atom stereocenters. The molecule has 132 valence electrons. The van der Waals surface area contributed by atoms with Crippen LogP contribution >= 0.6 is 0 Å². The second kappa shape index (κ2) is 11.3. The highest BCUT2D eigenvalue weighted by molar-refractivity contribution is 5.88. The first-order valence-corrected chi connectivity index (χ1v) is 8.22. The van der Waals surface area contributed by atoms with Gasteiger partial charge in [0.15, 0.2) is 0 Å². The lowest BCUT2D eigenvalue weighted by atomic mass is 10.1. The molecule has 0 amide bonds. The molecule has 0 unspecified atom stereocenters. The van der Waals surface area contributed by atoms with Crippen LogP contribution in [-0.4, -0.2) is 23.9 Å². The largest absolute Gasteiger partial charge is 0.461 e. The number of rotatable bonds is 10. The summed E-state index contributed by atoms with van der Waals surface area (Å²) in [6.45, 7) is 2.19. The molecule has 0 heterocycles. The van der Waals surface area contributed by atoms with Gasteiger partial charge in [-0.05, 0) is 18.4 Å². The van der Waals surface area contributed by atoms with Crippen LogP contribution in [0.5, 0.6) is 0 Å². The molecule has 6 heteroatoms. The molecule has 0 saturated carbocycles. The van der Waals surface area contributed by atoms with Crippen LogP contribution in [0.1, 0.15) is 51.0 Å². The van der Waals surface area contributed by atoms with Crippen molar-refractivity contribution in [2.75, 3.05) is 0 Å². The number of unbranched alkanes of at least 4 members (excludes halogenated alkanes) is 2. The molecule has 1 aromatic carbocycles. The standard InChI is InChI=1S/C18H25NO5/c1-2-3-5-10-17(21)24-18(22)15(19)11-12-16(20)23-13-14-8-6-4-7-9-14/h4,6-9,15H,2-3,5,10-13,19H2,1H3/t15-/m0/s1. The van der Waals surface area contributed by atoms with Crippen molar-refractivity contribution < 1.29 is 23.9 Å². The molecule has 0 fully saturated rings. The summed E-state index contributed by atoms with van der Waals surface area (Å²) in [5.41, 5.74) is 6.52. The van der Waals surface area contributed by atoms with Crippen molar-refractivity contribution in [2.45, 2.75) is 58.1 Å². The second-order valence-corrected chi connectivity index (χ2v) is 5.54. The maximum Gasteiger partial charge on any atom is 0.330 e. The van der Waals surface area contributed by atoms with Crippen molar-refractivity contribution >= 4 is 17.9 Å². The van der Waals surface area contributed by atoms with E-state index in [-0.39, 0.29) is 25.9 Å². The smallest absolute Gasteiger partial charge is 0.330 e. The molecule has 0 bridgehead atoms. The van der Waals surface area contributed by atoms with Crippen LogP contribution in [0, 0.1) is 0 Å². The molecular formula is C18H25NO5. The lowest BCUT2D eigenvalue weighted by molar-refractivity contribution is -0.160. The summed E-state index contributed by atoms with van der Waals surface area (Å²) in [5, 5.41) is 0. The van der Waals surface area contributed by atoms with E-state index < -0.39 is 23.9 Å². The maximum absolute atomic E-state index is 11.7. The Morgan fingerprint density at radius 3 is 2.42 bits per heavy atom. The fourth-order valence-electron chi connectivity index (χ4n) is 1.96. The Bertz CT molecular complexity index is 529. The Kier molecular flexibility index (Phi) is 9.38. The van der Waals surface area contributed by atoms with E-state index in [4.69, 9.17) is 10.5 Å². The third-order valence-corrected chi connectivity index (χ3v) is 3.40. The molecule has 0 radical (unpaired) electrons. The fourth-order valence-corrected chi connectivity index (χ4v) is 1.96. The van der Waals surface area contributed by atoms with Gasteiger partial charge in [-0.3, -0.25) is 9.59 Å². The van der Waals surface area contributed by atoms with Crippen LogP contribution in [0.2, 0.25) is 0 Å². The highest BCUT2D eigenvalue weighted by Gasteiger charge is 2.20. The highest BCUT2D eigenvalue weighted by atomic mass is 16.6. The summed E-state index contributed by atoms with van der Waals surface area (Å²) in [7, 11) is 0. The van der Waals surface area contributed by atoms with Crippen LogP contribution in [0.25, 0.3) is 0 Å². The zero-order valence-electron chi connectivity index (χ0n) is 14.0. The predicted octanol–water partition coefficient (Wildman–Crippen LogP) is 2.49. The number of nitrogens with two attached hydrogens (primary N) is 1. The molecule has 0 aromatic heterocycles. The molecule has 2 N–H and O–H groups in total. The zero-order chi connectivity index (χ0) is 17.8. The monoisotopic (exact) mass is 335 g/mol. The van der Waals surface area contributed by atoms with E-state index in [9.17, 15) is 14.4 Å². The van der Waals surface area contributed by atoms with Gasteiger partial charge >= 0.3 is 17.9 Å². The summed E-state index contributed by atoms with van der Waals surface area (Å²) in [6, 6.07) is 8.27. The van der Waals surface area contributed by atoms with E-state index in [1.165, 1.54) is 0 Å². The molecule has 0 aliphatic heterocycles. The number of carbonyl (C=O) groups excluding carboxylic acids is 3. The highest BCUT2D eigenvalue weighted by Crippen LogP contribution is 2.06. The van der Waals surface area contributed by atoms with Gasteiger partial charge in [0.1, 0.15) is 12.6 Å². The second-order valence-electron chi connectivity index (χ2n) is 5.54. The van der Waals surface area contributed by atoms with Gasteiger partial charge < -0.3 is 15.2 Å². The number of hydrogen-bond acceptors (Lipinski definition) is 6. The SMILES string of the molecule is CCCCCC(=O)OC(=O)[C@@H](N)CCC(=O)OCc1ccccc1. The normalized spacial score (nSPS) is 11.6. The average molecular weight is 335 g/mol. The molecule has 1 aromatic rings. The van der Waals surface area contributed by atoms with Crippen molar-refractivity contribution in [1.82, 2.24) is 0 Å². The minimum absolute atomic E-state index is 0.00682. The van der Waals surface area contributed by atoms with E-state index in [0.717, 1.165) is 18.4 Å². The van der Waals surface area contributed by atoms with Crippen LogP contribution in [0.3, 0.4) is 0 Å². The molecule has 24 heavy (non-hydrogen) atoms. The lowest BCUT2D eigenvalue weighted by Crippen LogP contribution is -2.34.